The van der Waals surface area contributed by atoms with Crippen molar-refractivity contribution >= 4 is 23.1 Å². The molecule has 0 aliphatic carbocycles. The summed E-state index contributed by atoms with van der Waals surface area (Å²) in [6.07, 6.45) is 1.56. The van der Waals surface area contributed by atoms with E-state index in [1.54, 1.807) is 17.3 Å². The Kier molecular flexibility index (Phi) is 3.94. The lowest BCUT2D eigenvalue weighted by Gasteiger charge is -1.90. The second kappa shape index (κ2) is 5.10. The van der Waals surface area contributed by atoms with Gasteiger partial charge in [0, 0.05) is 12.2 Å². The summed E-state index contributed by atoms with van der Waals surface area (Å²) in [5.41, 5.74) is 1.71. The van der Waals surface area contributed by atoms with E-state index in [-0.39, 0.29) is 0 Å². The molecule has 0 aliphatic heterocycles. The number of hydrogen-bond acceptors (Lipinski definition) is 5. The molecule has 0 N–H and O–H groups in total. The van der Waals surface area contributed by atoms with E-state index in [9.17, 15) is 0 Å². The van der Waals surface area contributed by atoms with Gasteiger partial charge in [0.2, 0.25) is 0 Å². The van der Waals surface area contributed by atoms with Crippen LogP contribution >= 0.6 is 23.1 Å². The summed E-state index contributed by atoms with van der Waals surface area (Å²) in [7, 11) is 0. The van der Waals surface area contributed by atoms with Crippen LogP contribution in [0.4, 0.5) is 0 Å². The number of nitrogens with zero attached hydrogens (tertiary/aromatic N) is 3. The first kappa shape index (κ1) is 8.50. The van der Waals surface area contributed by atoms with E-state index in [0.717, 1.165) is 16.5 Å². The Morgan fingerprint density at radius 3 is 3.27 bits per heavy atom. The number of rotatable bonds is 4. The molecule has 0 saturated carbocycles. The van der Waals surface area contributed by atoms with E-state index < -0.39 is 0 Å². The molecule has 3 nitrogen and oxygen atoms in total. The summed E-state index contributed by atoms with van der Waals surface area (Å²) in [5, 5.41) is 15.8. The highest BCUT2D eigenvalue weighted by atomic mass is 32.2. The Morgan fingerprint density at radius 1 is 1.73 bits per heavy atom. The Labute approximate surface area is 73.5 Å². The summed E-state index contributed by atoms with van der Waals surface area (Å²) < 4.78 is 0.989. The van der Waals surface area contributed by atoms with E-state index in [1.165, 1.54) is 11.3 Å². The van der Waals surface area contributed by atoms with Crippen LogP contribution in [0.1, 0.15) is 12.8 Å². The lowest BCUT2D eigenvalue weighted by Crippen LogP contribution is -1.77. The molecule has 1 heterocycles. The topological polar surface area (TPSA) is 49.6 Å². The fourth-order valence-corrected chi connectivity index (χ4v) is 2.03. The predicted octanol–water partition coefficient (Wildman–Crippen LogP) is 1.93. The van der Waals surface area contributed by atoms with Crippen LogP contribution in [0.2, 0.25) is 0 Å². The molecule has 1 rings (SSSR count). The van der Waals surface area contributed by atoms with Crippen molar-refractivity contribution in [2.75, 3.05) is 5.75 Å². The molecule has 5 heteroatoms. The molecule has 0 atom stereocenters. The van der Waals surface area contributed by atoms with Gasteiger partial charge in [0.05, 0.1) is 6.07 Å². The second-order valence-corrected chi connectivity index (χ2v) is 3.99. The zero-order chi connectivity index (χ0) is 7.94. The number of unbranched alkanes of at least 4 members (excludes halogenated alkanes) is 1. The van der Waals surface area contributed by atoms with Gasteiger partial charge >= 0.3 is 0 Å². The molecule has 11 heavy (non-hydrogen) atoms. The van der Waals surface area contributed by atoms with Gasteiger partial charge in [-0.15, -0.1) is 10.2 Å². The van der Waals surface area contributed by atoms with Gasteiger partial charge < -0.3 is 0 Å². The summed E-state index contributed by atoms with van der Waals surface area (Å²) >= 11 is 3.20. The summed E-state index contributed by atoms with van der Waals surface area (Å²) in [6.45, 7) is 0. The van der Waals surface area contributed by atoms with Crippen molar-refractivity contribution in [3.8, 4) is 6.07 Å². The second-order valence-electron chi connectivity index (χ2n) is 1.81. The molecular weight excluding hydrogens is 178 g/mol. The van der Waals surface area contributed by atoms with E-state index in [0.29, 0.717) is 6.42 Å². The average Bonchev–Trinajstić information content (AvgIpc) is 2.50. The maximum Gasteiger partial charge on any atom is 0.174 e. The van der Waals surface area contributed by atoms with Crippen LogP contribution in [0.5, 0.6) is 0 Å². The van der Waals surface area contributed by atoms with Crippen LogP contribution in [0.15, 0.2) is 9.85 Å². The van der Waals surface area contributed by atoms with Crippen molar-refractivity contribution < 1.29 is 0 Å². The quantitative estimate of drug-likeness (QED) is 0.531. The van der Waals surface area contributed by atoms with Gasteiger partial charge in [-0.2, -0.15) is 5.26 Å². The van der Waals surface area contributed by atoms with E-state index >= 15 is 0 Å². The van der Waals surface area contributed by atoms with Crippen molar-refractivity contribution in [3.63, 3.8) is 0 Å². The third kappa shape index (κ3) is 3.35. The molecule has 0 aliphatic rings. The highest BCUT2D eigenvalue weighted by molar-refractivity contribution is 8.00. The van der Waals surface area contributed by atoms with Gasteiger partial charge in [0.15, 0.2) is 4.34 Å². The first-order valence-corrected chi connectivity index (χ1v) is 5.06. The van der Waals surface area contributed by atoms with Gasteiger partial charge in [-0.3, -0.25) is 0 Å². The Hall–Kier alpha value is -0.600. The fraction of sp³-hybridized carbons (Fsp3) is 0.500. The fourth-order valence-electron chi connectivity index (χ4n) is 0.537. The monoisotopic (exact) mass is 185 g/mol. The molecule has 0 spiro atoms. The van der Waals surface area contributed by atoms with Crippen molar-refractivity contribution in [2.45, 2.75) is 17.2 Å². The zero-order valence-corrected chi connectivity index (χ0v) is 7.49. The van der Waals surface area contributed by atoms with Gasteiger partial charge in [0.25, 0.3) is 0 Å². The number of aromatic nitrogens is 2. The Balaban J connectivity index is 2.10. The van der Waals surface area contributed by atoms with Crippen molar-refractivity contribution in [1.29, 1.82) is 5.26 Å². The molecule has 0 bridgehead atoms. The summed E-state index contributed by atoms with van der Waals surface area (Å²) in [5.74, 6) is 0.961. The van der Waals surface area contributed by atoms with Gasteiger partial charge in [0.1, 0.15) is 5.51 Å². The number of hydrogen-bond donors (Lipinski definition) is 0. The minimum atomic E-state index is 0.631. The minimum Gasteiger partial charge on any atom is -0.198 e. The Morgan fingerprint density at radius 2 is 2.64 bits per heavy atom. The molecule has 0 saturated heterocycles. The van der Waals surface area contributed by atoms with Crippen LogP contribution in [0.3, 0.4) is 0 Å². The highest BCUT2D eigenvalue weighted by Crippen LogP contribution is 2.19. The lowest BCUT2D eigenvalue weighted by atomic mass is 10.4. The molecule has 0 fully saturated rings. The van der Waals surface area contributed by atoms with Crippen LogP contribution in [-0.2, 0) is 0 Å². The zero-order valence-electron chi connectivity index (χ0n) is 5.86. The normalized spacial score (nSPS) is 9.36. The molecule has 0 aromatic carbocycles. The molecule has 0 radical (unpaired) electrons. The summed E-state index contributed by atoms with van der Waals surface area (Å²) in [6, 6.07) is 2.10. The highest BCUT2D eigenvalue weighted by Gasteiger charge is 1.95. The molecule has 58 valence electrons. The molecular formula is C6H7N3S2. The minimum absolute atomic E-state index is 0.631. The number of thioether (sulfide) groups is 1. The maximum atomic E-state index is 8.24. The average molecular weight is 185 g/mol. The van der Waals surface area contributed by atoms with Crippen LogP contribution in [-0.4, -0.2) is 16.0 Å². The Bertz CT molecular complexity index is 226. The largest absolute Gasteiger partial charge is 0.198 e. The van der Waals surface area contributed by atoms with Crippen LogP contribution in [0, 0.1) is 11.3 Å². The van der Waals surface area contributed by atoms with Crippen LogP contribution < -0.4 is 0 Å². The van der Waals surface area contributed by atoms with Crippen molar-refractivity contribution in [3.05, 3.63) is 5.51 Å². The lowest BCUT2D eigenvalue weighted by molar-refractivity contribution is 0.971. The molecule has 0 unspecified atom stereocenters. The predicted molar refractivity (Wildman–Crippen MR) is 45.5 cm³/mol. The smallest absolute Gasteiger partial charge is 0.174 e. The maximum absolute atomic E-state index is 8.24. The molecule has 0 amide bonds. The van der Waals surface area contributed by atoms with Gasteiger partial charge in [-0.05, 0) is 6.42 Å². The van der Waals surface area contributed by atoms with Crippen LogP contribution in [0.25, 0.3) is 0 Å². The van der Waals surface area contributed by atoms with Crippen molar-refractivity contribution in [2.24, 2.45) is 0 Å². The van der Waals surface area contributed by atoms with Gasteiger partial charge in [-0.25, -0.2) is 0 Å². The number of nitriles is 1. The first-order valence-electron chi connectivity index (χ1n) is 3.19. The first-order chi connectivity index (χ1) is 5.43. The third-order valence-corrected chi connectivity index (χ3v) is 2.95. The third-order valence-electron chi connectivity index (χ3n) is 0.999. The van der Waals surface area contributed by atoms with E-state index in [2.05, 4.69) is 16.3 Å². The molecule has 1 aromatic rings. The van der Waals surface area contributed by atoms with Crippen molar-refractivity contribution in [1.82, 2.24) is 10.2 Å². The van der Waals surface area contributed by atoms with E-state index in [4.69, 9.17) is 5.26 Å². The SMILES string of the molecule is N#CCCCSc1nncs1. The van der Waals surface area contributed by atoms with E-state index in [1.807, 2.05) is 0 Å². The molecule has 1 aromatic heterocycles. The summed E-state index contributed by atoms with van der Waals surface area (Å²) in [4.78, 5) is 0. The van der Waals surface area contributed by atoms with Gasteiger partial charge in [-0.1, -0.05) is 23.1 Å². The standard InChI is InChI=1S/C6H7N3S2/c7-3-1-2-4-10-6-9-8-5-11-6/h5H,1-2,4H2.